The van der Waals surface area contributed by atoms with Gasteiger partial charge in [-0.3, -0.25) is 0 Å². The molecule has 1 unspecified atom stereocenters. The normalized spacial score (nSPS) is 24.6. The molecule has 3 rings (SSSR count). The van der Waals surface area contributed by atoms with E-state index < -0.39 is 0 Å². The van der Waals surface area contributed by atoms with Gasteiger partial charge in [-0.15, -0.1) is 0 Å². The Balaban J connectivity index is 1.81. The third kappa shape index (κ3) is 3.11. The van der Waals surface area contributed by atoms with Crippen molar-refractivity contribution in [1.29, 1.82) is 0 Å². The first kappa shape index (κ1) is 14.9. The van der Waals surface area contributed by atoms with Gasteiger partial charge in [-0.05, 0) is 68.9 Å². The van der Waals surface area contributed by atoms with Gasteiger partial charge in [-0.1, -0.05) is 25.5 Å². The van der Waals surface area contributed by atoms with Crippen LogP contribution in [0.1, 0.15) is 75.4 Å². The van der Waals surface area contributed by atoms with Crippen LogP contribution in [0.25, 0.3) is 0 Å². The maximum atomic E-state index is 6.42. The summed E-state index contributed by atoms with van der Waals surface area (Å²) in [5, 5.41) is 0. The average molecular weight is 286 g/mol. The largest absolute Gasteiger partial charge is 0.348 e. The van der Waals surface area contributed by atoms with Gasteiger partial charge >= 0.3 is 0 Å². The quantitative estimate of drug-likeness (QED) is 0.805. The van der Waals surface area contributed by atoms with Gasteiger partial charge in [0.25, 0.3) is 0 Å². The summed E-state index contributed by atoms with van der Waals surface area (Å²) >= 11 is 0. The topological polar surface area (TPSA) is 30.9 Å². The number of hydrogen-bond donors (Lipinski definition) is 1. The van der Waals surface area contributed by atoms with Crippen molar-refractivity contribution in [2.75, 3.05) is 0 Å². The summed E-state index contributed by atoms with van der Waals surface area (Å²) in [7, 11) is 0. The van der Waals surface area contributed by atoms with E-state index in [0.29, 0.717) is 5.41 Å². The van der Waals surface area contributed by atoms with Crippen LogP contribution in [0.4, 0.5) is 0 Å². The minimum atomic E-state index is 0.220. The Morgan fingerprint density at radius 3 is 2.86 bits per heavy atom. The number of rotatable bonds is 3. The first-order chi connectivity index (χ1) is 9.96. The van der Waals surface area contributed by atoms with Crippen molar-refractivity contribution in [3.05, 3.63) is 34.7 Å². The lowest BCUT2D eigenvalue weighted by molar-refractivity contribution is 0.275. The number of fused-ring (bicyclic) bond motifs is 1. The Hall–Kier alpha value is -1.02. The molecule has 1 aromatic rings. The molecule has 2 nitrogen and oxygen atoms in total. The summed E-state index contributed by atoms with van der Waals surface area (Å²) in [6.45, 7) is 8.08. The molecule has 1 aromatic heterocycles. The average Bonchev–Trinajstić information content (AvgIpc) is 2.73. The summed E-state index contributed by atoms with van der Waals surface area (Å²) < 4.78 is 2.55. The number of aromatic nitrogens is 1. The fourth-order valence-electron chi connectivity index (χ4n) is 4.20. The zero-order valence-electron chi connectivity index (χ0n) is 13.9. The molecule has 0 bridgehead atoms. The van der Waals surface area contributed by atoms with Crippen LogP contribution in [0.2, 0.25) is 0 Å². The highest BCUT2D eigenvalue weighted by Crippen LogP contribution is 2.41. The standard InChI is InChI=1S/C19H30N2/c1-14-11-16-17(20)12-19(2,3)13-18(16)21(14)10-9-15-7-5-4-6-8-15/h7,11,17H,4-6,8-10,12-13,20H2,1-3H3. The molecule has 2 heteroatoms. The third-order valence-corrected chi connectivity index (χ3v) is 5.31. The molecule has 0 radical (unpaired) electrons. The van der Waals surface area contributed by atoms with Gasteiger partial charge in [-0.25, -0.2) is 0 Å². The Bertz CT molecular complexity index is 548. The van der Waals surface area contributed by atoms with Crippen LogP contribution in [0.15, 0.2) is 17.7 Å². The van der Waals surface area contributed by atoms with E-state index in [9.17, 15) is 0 Å². The van der Waals surface area contributed by atoms with Crippen LogP contribution in [0.5, 0.6) is 0 Å². The molecular weight excluding hydrogens is 256 g/mol. The summed E-state index contributed by atoms with van der Waals surface area (Å²) in [6.07, 6.45) is 11.3. The zero-order valence-corrected chi connectivity index (χ0v) is 13.9. The molecule has 0 aromatic carbocycles. The van der Waals surface area contributed by atoms with Gasteiger partial charge in [0.05, 0.1) is 0 Å². The van der Waals surface area contributed by atoms with Crippen LogP contribution in [0.3, 0.4) is 0 Å². The minimum absolute atomic E-state index is 0.220. The summed E-state index contributed by atoms with van der Waals surface area (Å²) in [4.78, 5) is 0. The summed E-state index contributed by atoms with van der Waals surface area (Å²) in [5.41, 5.74) is 12.7. The van der Waals surface area contributed by atoms with Gasteiger partial charge in [-0.2, -0.15) is 0 Å². The number of hydrogen-bond acceptors (Lipinski definition) is 1. The van der Waals surface area contributed by atoms with Crippen molar-refractivity contribution in [3.63, 3.8) is 0 Å². The molecule has 0 aliphatic heterocycles. The molecule has 116 valence electrons. The molecular formula is C19H30N2. The molecule has 1 heterocycles. The second-order valence-electron chi connectivity index (χ2n) is 7.85. The van der Waals surface area contributed by atoms with Crippen molar-refractivity contribution >= 4 is 0 Å². The molecule has 2 aliphatic rings. The first-order valence-corrected chi connectivity index (χ1v) is 8.59. The Morgan fingerprint density at radius 2 is 2.14 bits per heavy atom. The zero-order chi connectivity index (χ0) is 15.0. The summed E-state index contributed by atoms with van der Waals surface area (Å²) in [6, 6.07) is 2.56. The maximum Gasteiger partial charge on any atom is 0.0318 e. The van der Waals surface area contributed by atoms with E-state index in [-0.39, 0.29) is 6.04 Å². The third-order valence-electron chi connectivity index (χ3n) is 5.31. The van der Waals surface area contributed by atoms with Gasteiger partial charge in [0, 0.05) is 24.0 Å². The van der Waals surface area contributed by atoms with Crippen LogP contribution >= 0.6 is 0 Å². The minimum Gasteiger partial charge on any atom is -0.348 e. The molecule has 2 N–H and O–H groups in total. The van der Waals surface area contributed by atoms with E-state index in [1.54, 1.807) is 5.57 Å². The Morgan fingerprint density at radius 1 is 1.33 bits per heavy atom. The predicted octanol–water partition coefficient (Wildman–Crippen LogP) is 4.66. The molecule has 0 fully saturated rings. The predicted molar refractivity (Wildman–Crippen MR) is 89.4 cm³/mol. The van der Waals surface area contributed by atoms with Crippen LogP contribution < -0.4 is 5.73 Å². The number of aryl methyl sites for hydroxylation is 1. The van der Waals surface area contributed by atoms with Crippen molar-refractivity contribution in [2.45, 2.75) is 78.3 Å². The van der Waals surface area contributed by atoms with E-state index in [0.717, 1.165) is 13.0 Å². The van der Waals surface area contributed by atoms with Gasteiger partial charge in [0.2, 0.25) is 0 Å². The summed E-state index contributed by atoms with van der Waals surface area (Å²) in [5.74, 6) is 0. The highest BCUT2D eigenvalue weighted by atomic mass is 15.0. The molecule has 0 amide bonds. The highest BCUT2D eigenvalue weighted by molar-refractivity contribution is 5.34. The van der Waals surface area contributed by atoms with Crippen molar-refractivity contribution in [1.82, 2.24) is 4.57 Å². The van der Waals surface area contributed by atoms with E-state index >= 15 is 0 Å². The highest BCUT2D eigenvalue weighted by Gasteiger charge is 2.33. The van der Waals surface area contributed by atoms with E-state index in [4.69, 9.17) is 5.73 Å². The molecule has 21 heavy (non-hydrogen) atoms. The first-order valence-electron chi connectivity index (χ1n) is 8.59. The molecule has 0 saturated carbocycles. The van der Waals surface area contributed by atoms with Crippen LogP contribution in [-0.2, 0) is 13.0 Å². The van der Waals surface area contributed by atoms with Crippen molar-refractivity contribution < 1.29 is 0 Å². The fourth-order valence-corrected chi connectivity index (χ4v) is 4.20. The SMILES string of the molecule is Cc1cc2c(n1CCC1=CCCCC1)CC(C)(C)CC2N. The van der Waals surface area contributed by atoms with Crippen LogP contribution in [0, 0.1) is 12.3 Å². The van der Waals surface area contributed by atoms with Crippen LogP contribution in [-0.4, -0.2) is 4.57 Å². The second kappa shape index (κ2) is 5.64. The maximum absolute atomic E-state index is 6.42. The lowest BCUT2D eigenvalue weighted by atomic mass is 9.74. The van der Waals surface area contributed by atoms with Gasteiger partial charge in [0.15, 0.2) is 0 Å². The monoisotopic (exact) mass is 286 g/mol. The van der Waals surface area contributed by atoms with Crippen molar-refractivity contribution in [2.24, 2.45) is 11.1 Å². The Labute approximate surface area is 129 Å². The smallest absolute Gasteiger partial charge is 0.0318 e. The molecule has 0 saturated heterocycles. The lowest BCUT2D eigenvalue weighted by Gasteiger charge is -2.34. The number of allylic oxidation sites excluding steroid dienone is 2. The second-order valence-corrected chi connectivity index (χ2v) is 7.85. The molecule has 0 spiro atoms. The van der Waals surface area contributed by atoms with Gasteiger partial charge in [0.1, 0.15) is 0 Å². The van der Waals surface area contributed by atoms with E-state index in [1.807, 2.05) is 0 Å². The Kier molecular flexibility index (Phi) is 4.00. The lowest BCUT2D eigenvalue weighted by Crippen LogP contribution is -2.30. The van der Waals surface area contributed by atoms with Crippen molar-refractivity contribution in [3.8, 4) is 0 Å². The van der Waals surface area contributed by atoms with Gasteiger partial charge < -0.3 is 10.3 Å². The number of nitrogens with two attached hydrogens (primary N) is 1. The van der Waals surface area contributed by atoms with E-state index in [1.165, 1.54) is 55.5 Å². The van der Waals surface area contributed by atoms with E-state index in [2.05, 4.69) is 37.5 Å². The molecule has 2 aliphatic carbocycles. The fraction of sp³-hybridized carbons (Fsp3) is 0.684. The number of nitrogens with zero attached hydrogens (tertiary/aromatic N) is 1. The molecule has 1 atom stereocenters.